The van der Waals surface area contributed by atoms with Crippen LogP contribution < -0.4 is 5.32 Å². The first-order valence-corrected chi connectivity index (χ1v) is 9.55. The molecule has 1 atom stereocenters. The molecule has 2 aliphatic carbocycles. The molecule has 1 N–H and O–H groups in total. The fourth-order valence-corrected chi connectivity index (χ4v) is 4.49. The Hall–Kier alpha value is -0.870. The lowest BCUT2D eigenvalue weighted by Gasteiger charge is -2.47. The van der Waals surface area contributed by atoms with E-state index in [1.807, 2.05) is 0 Å². The van der Waals surface area contributed by atoms with Crippen molar-refractivity contribution in [2.45, 2.75) is 76.3 Å². The summed E-state index contributed by atoms with van der Waals surface area (Å²) >= 11 is 0. The maximum Gasteiger partial charge on any atom is 0.240 e. The zero-order chi connectivity index (χ0) is 16.1. The van der Waals surface area contributed by atoms with Crippen LogP contribution in [0.3, 0.4) is 0 Å². The highest BCUT2D eigenvalue weighted by Crippen LogP contribution is 2.35. The fraction of sp³-hybridized carbons (Fsp3) is 0.842. The highest BCUT2D eigenvalue weighted by Gasteiger charge is 2.45. The molecule has 4 nitrogen and oxygen atoms in total. The van der Waals surface area contributed by atoms with Crippen molar-refractivity contribution in [2.24, 2.45) is 0 Å². The Labute approximate surface area is 140 Å². The molecule has 0 radical (unpaired) electrons. The molecule has 1 saturated carbocycles. The van der Waals surface area contributed by atoms with Crippen molar-refractivity contribution in [3.63, 3.8) is 0 Å². The van der Waals surface area contributed by atoms with Gasteiger partial charge in [0.2, 0.25) is 5.91 Å². The van der Waals surface area contributed by atoms with Crippen molar-refractivity contribution in [1.82, 2.24) is 10.2 Å². The average Bonchev–Trinajstić information content (AvgIpc) is 2.63. The lowest BCUT2D eigenvalue weighted by atomic mass is 9.78. The topological polar surface area (TPSA) is 41.6 Å². The molecule has 0 bridgehead atoms. The minimum atomic E-state index is -0.286. The fourth-order valence-electron chi connectivity index (χ4n) is 4.49. The molecule has 23 heavy (non-hydrogen) atoms. The van der Waals surface area contributed by atoms with E-state index in [-0.39, 0.29) is 17.5 Å². The van der Waals surface area contributed by atoms with Crippen molar-refractivity contribution in [2.75, 3.05) is 26.3 Å². The summed E-state index contributed by atoms with van der Waals surface area (Å²) < 4.78 is 5.51. The quantitative estimate of drug-likeness (QED) is 0.810. The van der Waals surface area contributed by atoms with E-state index in [0.29, 0.717) is 0 Å². The first-order valence-electron chi connectivity index (χ1n) is 9.55. The summed E-state index contributed by atoms with van der Waals surface area (Å²) in [6.07, 6.45) is 12.8. The summed E-state index contributed by atoms with van der Waals surface area (Å²) in [5.41, 5.74) is 1.14. The number of nitrogens with zero attached hydrogens (tertiary/aromatic N) is 1. The largest absolute Gasteiger partial charge is 0.379 e. The van der Waals surface area contributed by atoms with Gasteiger partial charge in [-0.25, -0.2) is 0 Å². The highest BCUT2D eigenvalue weighted by atomic mass is 16.5. The monoisotopic (exact) mass is 320 g/mol. The van der Waals surface area contributed by atoms with E-state index in [1.165, 1.54) is 44.1 Å². The summed E-state index contributed by atoms with van der Waals surface area (Å²) in [5, 5.41) is 3.37. The summed E-state index contributed by atoms with van der Waals surface area (Å²) in [6.45, 7) is 5.46. The minimum Gasteiger partial charge on any atom is -0.379 e. The summed E-state index contributed by atoms with van der Waals surface area (Å²) in [4.78, 5) is 15.7. The van der Waals surface area contributed by atoms with E-state index >= 15 is 0 Å². The van der Waals surface area contributed by atoms with Crippen LogP contribution in [0.25, 0.3) is 0 Å². The molecule has 0 unspecified atom stereocenters. The molecule has 1 heterocycles. The van der Waals surface area contributed by atoms with Gasteiger partial charge in [0.15, 0.2) is 0 Å². The van der Waals surface area contributed by atoms with E-state index in [9.17, 15) is 4.79 Å². The van der Waals surface area contributed by atoms with Crippen LogP contribution in [-0.2, 0) is 9.53 Å². The first kappa shape index (κ1) is 17.0. The lowest BCUT2D eigenvalue weighted by molar-refractivity contribution is -0.140. The van der Waals surface area contributed by atoms with Gasteiger partial charge in [0.05, 0.1) is 13.2 Å². The first-order chi connectivity index (χ1) is 11.2. The van der Waals surface area contributed by atoms with Crippen LogP contribution in [0.5, 0.6) is 0 Å². The maximum atomic E-state index is 13.3. The SMILES string of the molecule is C[C@@H](NC(=O)C1(N2CCOCC2)CCCCC1)C1=CCCCC1. The minimum absolute atomic E-state index is 0.183. The normalized spacial score (nSPS) is 27.1. The number of morpholine rings is 1. The highest BCUT2D eigenvalue weighted by molar-refractivity contribution is 5.87. The molecule has 0 aromatic rings. The van der Waals surface area contributed by atoms with Crippen LogP contribution in [0.2, 0.25) is 0 Å². The standard InChI is InChI=1S/C19H32N2O2/c1-16(17-8-4-2-5-9-17)20-18(22)19(10-6-3-7-11-19)21-12-14-23-15-13-21/h8,16H,2-7,9-15H2,1H3,(H,20,22)/t16-/m1/s1. The van der Waals surface area contributed by atoms with Gasteiger partial charge in [0.25, 0.3) is 0 Å². The molecular weight excluding hydrogens is 288 g/mol. The number of ether oxygens (including phenoxy) is 1. The molecular formula is C19H32N2O2. The lowest BCUT2D eigenvalue weighted by Crippen LogP contribution is -2.63. The van der Waals surface area contributed by atoms with Crippen LogP contribution in [-0.4, -0.2) is 48.7 Å². The molecule has 0 aromatic heterocycles. The van der Waals surface area contributed by atoms with Gasteiger partial charge in [-0.1, -0.05) is 30.9 Å². The van der Waals surface area contributed by atoms with E-state index in [1.54, 1.807) is 0 Å². The molecule has 1 amide bonds. The van der Waals surface area contributed by atoms with E-state index in [2.05, 4.69) is 23.2 Å². The van der Waals surface area contributed by atoms with Crippen molar-refractivity contribution in [1.29, 1.82) is 0 Å². The maximum absolute atomic E-state index is 13.3. The van der Waals surface area contributed by atoms with Crippen LogP contribution in [0, 0.1) is 0 Å². The van der Waals surface area contributed by atoms with E-state index in [0.717, 1.165) is 45.6 Å². The second kappa shape index (κ2) is 7.80. The molecule has 0 aromatic carbocycles. The molecule has 3 aliphatic rings. The van der Waals surface area contributed by atoms with Crippen LogP contribution >= 0.6 is 0 Å². The van der Waals surface area contributed by atoms with Crippen LogP contribution in [0.4, 0.5) is 0 Å². The van der Waals surface area contributed by atoms with Gasteiger partial charge < -0.3 is 10.1 Å². The molecule has 4 heteroatoms. The Morgan fingerprint density at radius 3 is 2.57 bits per heavy atom. The number of nitrogens with one attached hydrogen (secondary N) is 1. The number of hydrogen-bond donors (Lipinski definition) is 1. The van der Waals surface area contributed by atoms with Gasteiger partial charge in [-0.2, -0.15) is 0 Å². The molecule has 3 rings (SSSR count). The van der Waals surface area contributed by atoms with Gasteiger partial charge in [-0.05, 0) is 45.4 Å². The van der Waals surface area contributed by atoms with Gasteiger partial charge >= 0.3 is 0 Å². The molecule has 0 spiro atoms. The smallest absolute Gasteiger partial charge is 0.240 e. The zero-order valence-electron chi connectivity index (χ0n) is 14.6. The third-order valence-electron chi connectivity index (χ3n) is 5.95. The van der Waals surface area contributed by atoms with Crippen LogP contribution in [0.1, 0.15) is 64.7 Å². The Balaban J connectivity index is 1.70. The predicted molar refractivity (Wildman–Crippen MR) is 92.4 cm³/mol. The van der Waals surface area contributed by atoms with Crippen LogP contribution in [0.15, 0.2) is 11.6 Å². The van der Waals surface area contributed by atoms with Crippen molar-refractivity contribution in [3.8, 4) is 0 Å². The third-order valence-corrected chi connectivity index (χ3v) is 5.95. The van der Waals surface area contributed by atoms with E-state index < -0.39 is 0 Å². The molecule has 1 saturated heterocycles. The van der Waals surface area contributed by atoms with Gasteiger partial charge in [-0.15, -0.1) is 0 Å². The number of amides is 1. The zero-order valence-corrected chi connectivity index (χ0v) is 14.6. The second-order valence-electron chi connectivity index (χ2n) is 7.41. The number of rotatable bonds is 4. The summed E-state index contributed by atoms with van der Waals surface area (Å²) in [5.74, 6) is 0.262. The Morgan fingerprint density at radius 1 is 1.17 bits per heavy atom. The van der Waals surface area contributed by atoms with Gasteiger partial charge in [-0.3, -0.25) is 9.69 Å². The molecule has 1 aliphatic heterocycles. The summed E-state index contributed by atoms with van der Waals surface area (Å²) in [7, 11) is 0. The third kappa shape index (κ3) is 3.80. The second-order valence-corrected chi connectivity index (χ2v) is 7.41. The number of carbonyl (C=O) groups excluding carboxylic acids is 1. The van der Waals surface area contributed by atoms with E-state index in [4.69, 9.17) is 4.74 Å². The van der Waals surface area contributed by atoms with Crippen molar-refractivity contribution < 1.29 is 9.53 Å². The number of hydrogen-bond acceptors (Lipinski definition) is 3. The van der Waals surface area contributed by atoms with Gasteiger partial charge in [0.1, 0.15) is 5.54 Å². The van der Waals surface area contributed by atoms with Crippen molar-refractivity contribution in [3.05, 3.63) is 11.6 Å². The Morgan fingerprint density at radius 2 is 1.91 bits per heavy atom. The number of carbonyl (C=O) groups is 1. The van der Waals surface area contributed by atoms with Gasteiger partial charge in [0, 0.05) is 19.1 Å². The Kier molecular flexibility index (Phi) is 5.76. The average molecular weight is 320 g/mol. The predicted octanol–water partition coefficient (Wildman–Crippen LogP) is 3.03. The summed E-state index contributed by atoms with van der Waals surface area (Å²) in [6, 6.07) is 0.183. The Bertz CT molecular complexity index is 435. The van der Waals surface area contributed by atoms with Crippen molar-refractivity contribution >= 4 is 5.91 Å². The molecule has 2 fully saturated rings. The molecule has 130 valence electrons. The number of allylic oxidation sites excluding steroid dienone is 1.